The van der Waals surface area contributed by atoms with Crippen LogP contribution in [0, 0.1) is 0 Å². The van der Waals surface area contributed by atoms with Crippen molar-refractivity contribution in [1.29, 1.82) is 0 Å². The second-order valence-corrected chi connectivity index (χ2v) is 2.46. The van der Waals surface area contributed by atoms with Gasteiger partial charge in [0.25, 0.3) is 0 Å². The number of carbonyl (C=O) groups excluding carboxylic acids is 2. The molecule has 5 nitrogen and oxygen atoms in total. The Morgan fingerprint density at radius 3 is 2.33 bits per heavy atom. The Morgan fingerprint density at radius 2 is 1.87 bits per heavy atom. The van der Waals surface area contributed by atoms with Crippen molar-refractivity contribution in [2.75, 3.05) is 19.7 Å². The number of esters is 1. The largest absolute Gasteiger partial charge is 0.465 e. The van der Waals surface area contributed by atoms with Gasteiger partial charge in [0, 0.05) is 0 Å². The van der Waals surface area contributed by atoms with Crippen LogP contribution in [0.4, 0.5) is 18.0 Å². The first-order valence-corrected chi connectivity index (χ1v) is 4.09. The zero-order valence-electron chi connectivity index (χ0n) is 7.98. The quantitative estimate of drug-likeness (QED) is 0.685. The molecule has 0 radical (unpaired) electrons. The number of rotatable bonds is 4. The molecule has 0 rings (SSSR count). The van der Waals surface area contributed by atoms with E-state index in [-0.39, 0.29) is 6.61 Å². The Hall–Kier alpha value is -1.47. The normalized spacial score (nSPS) is 10.7. The highest BCUT2D eigenvalue weighted by atomic mass is 19.4. The molecule has 0 atom stereocenters. The first-order chi connectivity index (χ1) is 6.85. The van der Waals surface area contributed by atoms with Crippen LogP contribution in [0.15, 0.2) is 0 Å². The van der Waals surface area contributed by atoms with Gasteiger partial charge in [-0.1, -0.05) is 0 Å². The van der Waals surface area contributed by atoms with Crippen molar-refractivity contribution in [3.05, 3.63) is 0 Å². The first kappa shape index (κ1) is 13.5. The van der Waals surface area contributed by atoms with Gasteiger partial charge in [0.2, 0.25) is 0 Å². The molecule has 15 heavy (non-hydrogen) atoms. The van der Waals surface area contributed by atoms with Gasteiger partial charge in [0.1, 0.15) is 13.1 Å². The maximum absolute atomic E-state index is 11.6. The number of amides is 2. The summed E-state index contributed by atoms with van der Waals surface area (Å²) in [5, 5.41) is 3.45. The topological polar surface area (TPSA) is 67.4 Å². The molecule has 0 aliphatic rings. The molecule has 0 spiro atoms. The van der Waals surface area contributed by atoms with Gasteiger partial charge in [-0.2, -0.15) is 13.2 Å². The molecule has 0 saturated carbocycles. The van der Waals surface area contributed by atoms with E-state index in [9.17, 15) is 22.8 Å². The van der Waals surface area contributed by atoms with Gasteiger partial charge in [-0.05, 0) is 6.92 Å². The molecule has 0 aliphatic carbocycles. The lowest BCUT2D eigenvalue weighted by atomic mass is 10.6. The van der Waals surface area contributed by atoms with Crippen LogP contribution >= 0.6 is 0 Å². The third-order valence-electron chi connectivity index (χ3n) is 1.15. The maximum Gasteiger partial charge on any atom is 0.405 e. The van der Waals surface area contributed by atoms with Crippen molar-refractivity contribution in [2.45, 2.75) is 13.1 Å². The predicted octanol–water partition coefficient (Wildman–Crippen LogP) is 0.411. The first-order valence-electron chi connectivity index (χ1n) is 4.09. The van der Waals surface area contributed by atoms with E-state index in [1.54, 1.807) is 6.92 Å². The number of halogens is 3. The molecule has 0 unspecified atom stereocenters. The Bertz CT molecular complexity index is 230. The molecule has 8 heteroatoms. The van der Waals surface area contributed by atoms with Crippen LogP contribution < -0.4 is 10.6 Å². The lowest BCUT2D eigenvalue weighted by Gasteiger charge is -2.09. The van der Waals surface area contributed by atoms with Gasteiger partial charge < -0.3 is 15.4 Å². The van der Waals surface area contributed by atoms with E-state index in [4.69, 9.17) is 0 Å². The van der Waals surface area contributed by atoms with Crippen molar-refractivity contribution < 1.29 is 27.5 Å². The fourth-order valence-electron chi connectivity index (χ4n) is 0.607. The summed E-state index contributed by atoms with van der Waals surface area (Å²) in [4.78, 5) is 21.3. The molecule has 0 fully saturated rings. The van der Waals surface area contributed by atoms with Gasteiger partial charge in [0.15, 0.2) is 0 Å². The van der Waals surface area contributed by atoms with E-state index in [1.165, 1.54) is 5.32 Å². The molecular formula is C7H11F3N2O3. The highest BCUT2D eigenvalue weighted by Crippen LogP contribution is 2.11. The number of nitrogens with one attached hydrogen (secondary N) is 2. The molecule has 0 aromatic heterocycles. The fraction of sp³-hybridized carbons (Fsp3) is 0.714. The minimum absolute atomic E-state index is 0.144. The van der Waals surface area contributed by atoms with Crippen molar-refractivity contribution in [2.24, 2.45) is 0 Å². The van der Waals surface area contributed by atoms with Crippen LogP contribution in [0.2, 0.25) is 0 Å². The van der Waals surface area contributed by atoms with E-state index >= 15 is 0 Å². The van der Waals surface area contributed by atoms with Crippen LogP contribution in [0.5, 0.6) is 0 Å². The van der Waals surface area contributed by atoms with Crippen molar-refractivity contribution in [3.63, 3.8) is 0 Å². The summed E-state index contributed by atoms with van der Waals surface area (Å²) in [6.45, 7) is -0.189. The Morgan fingerprint density at radius 1 is 1.27 bits per heavy atom. The van der Waals surface area contributed by atoms with E-state index in [1.807, 2.05) is 5.32 Å². The Kier molecular flexibility index (Phi) is 5.50. The van der Waals surface area contributed by atoms with Gasteiger partial charge in [0.05, 0.1) is 6.61 Å². The van der Waals surface area contributed by atoms with Gasteiger partial charge in [-0.15, -0.1) is 0 Å². The minimum Gasteiger partial charge on any atom is -0.465 e. The maximum atomic E-state index is 11.6. The Balaban J connectivity index is 3.62. The molecule has 0 saturated heterocycles. The lowest BCUT2D eigenvalue weighted by Crippen LogP contribution is -2.42. The number of urea groups is 1. The third-order valence-corrected chi connectivity index (χ3v) is 1.15. The highest BCUT2D eigenvalue weighted by Gasteiger charge is 2.27. The summed E-state index contributed by atoms with van der Waals surface area (Å²) in [7, 11) is 0. The van der Waals surface area contributed by atoms with Crippen LogP contribution in [0.1, 0.15) is 6.92 Å². The highest BCUT2D eigenvalue weighted by molar-refractivity contribution is 5.80. The molecule has 0 aromatic carbocycles. The van der Waals surface area contributed by atoms with Crippen molar-refractivity contribution >= 4 is 12.0 Å². The molecule has 0 aromatic rings. The molecule has 0 aliphatic heterocycles. The molecule has 2 N–H and O–H groups in total. The van der Waals surface area contributed by atoms with Gasteiger partial charge >= 0.3 is 18.2 Å². The summed E-state index contributed by atoms with van der Waals surface area (Å²) in [6, 6.07) is -1.07. The predicted molar refractivity (Wildman–Crippen MR) is 44.1 cm³/mol. The monoisotopic (exact) mass is 228 g/mol. The summed E-state index contributed by atoms with van der Waals surface area (Å²) < 4.78 is 39.2. The molecule has 88 valence electrons. The van der Waals surface area contributed by atoms with Crippen LogP contribution in [0.3, 0.4) is 0 Å². The zero-order valence-corrected chi connectivity index (χ0v) is 7.98. The van der Waals surface area contributed by atoms with Gasteiger partial charge in [-0.25, -0.2) is 4.79 Å². The number of hydrogen-bond donors (Lipinski definition) is 2. The van der Waals surface area contributed by atoms with Crippen LogP contribution in [-0.2, 0) is 9.53 Å². The van der Waals surface area contributed by atoms with E-state index in [0.717, 1.165) is 0 Å². The number of alkyl halides is 3. The SMILES string of the molecule is CCOC(=O)CNC(=O)NCC(F)(F)F. The number of hydrogen-bond acceptors (Lipinski definition) is 3. The smallest absolute Gasteiger partial charge is 0.405 e. The lowest BCUT2D eigenvalue weighted by molar-refractivity contribution is -0.141. The van der Waals surface area contributed by atoms with Crippen molar-refractivity contribution in [1.82, 2.24) is 10.6 Å². The van der Waals surface area contributed by atoms with E-state index in [0.29, 0.717) is 0 Å². The van der Waals surface area contributed by atoms with Crippen LogP contribution in [-0.4, -0.2) is 37.9 Å². The molecule has 0 heterocycles. The average Bonchev–Trinajstić information content (AvgIpc) is 2.11. The van der Waals surface area contributed by atoms with Crippen LogP contribution in [0.25, 0.3) is 0 Å². The Labute approximate surface area is 84.0 Å². The second kappa shape index (κ2) is 6.10. The minimum atomic E-state index is -4.47. The average molecular weight is 228 g/mol. The zero-order chi connectivity index (χ0) is 11.9. The number of carbonyl (C=O) groups is 2. The molecule has 0 bridgehead atoms. The fourth-order valence-corrected chi connectivity index (χ4v) is 0.607. The van der Waals surface area contributed by atoms with Crippen molar-refractivity contribution in [3.8, 4) is 0 Å². The summed E-state index contributed by atoms with van der Waals surface area (Å²) in [5.74, 6) is -0.709. The van der Waals surface area contributed by atoms with E-state index in [2.05, 4.69) is 4.74 Å². The van der Waals surface area contributed by atoms with E-state index < -0.39 is 31.3 Å². The third kappa shape index (κ3) is 8.85. The molecule has 2 amide bonds. The summed E-state index contributed by atoms with van der Waals surface area (Å²) in [5.41, 5.74) is 0. The standard InChI is InChI=1S/C7H11F3N2O3/c1-2-15-5(13)3-11-6(14)12-4-7(8,9)10/h2-4H2,1H3,(H2,11,12,14). The second-order valence-electron chi connectivity index (χ2n) is 2.46. The molecular weight excluding hydrogens is 217 g/mol. The summed E-state index contributed by atoms with van der Waals surface area (Å²) >= 11 is 0. The summed E-state index contributed by atoms with van der Waals surface area (Å²) in [6.07, 6.45) is -4.47. The number of ether oxygens (including phenoxy) is 1. The van der Waals surface area contributed by atoms with Gasteiger partial charge in [-0.3, -0.25) is 4.79 Å².